The van der Waals surface area contributed by atoms with Crippen molar-refractivity contribution in [2.24, 2.45) is 0 Å². The number of nitrogens with zero attached hydrogens (tertiary/aromatic N) is 1. The first-order chi connectivity index (χ1) is 7.83. The lowest BCUT2D eigenvalue weighted by atomic mass is 10.1. The SMILES string of the molecule is CNCCCCN(C)CCc1ccccc1. The van der Waals surface area contributed by atoms with Crippen molar-refractivity contribution in [2.75, 3.05) is 33.7 Å². The molecular formula is C14H24N2. The van der Waals surface area contributed by atoms with Gasteiger partial charge < -0.3 is 10.2 Å². The van der Waals surface area contributed by atoms with E-state index in [1.165, 1.54) is 24.9 Å². The third-order valence-corrected chi connectivity index (χ3v) is 2.84. The lowest BCUT2D eigenvalue weighted by molar-refractivity contribution is 0.329. The van der Waals surface area contributed by atoms with Gasteiger partial charge in [-0.05, 0) is 52.0 Å². The zero-order valence-corrected chi connectivity index (χ0v) is 10.6. The highest BCUT2D eigenvalue weighted by Crippen LogP contribution is 2.01. The molecule has 16 heavy (non-hydrogen) atoms. The third-order valence-electron chi connectivity index (χ3n) is 2.84. The quantitative estimate of drug-likeness (QED) is 0.675. The van der Waals surface area contributed by atoms with Crippen LogP contribution in [0.3, 0.4) is 0 Å². The predicted molar refractivity (Wildman–Crippen MR) is 70.8 cm³/mol. The Kier molecular flexibility index (Phi) is 6.86. The molecule has 0 aliphatic carbocycles. The summed E-state index contributed by atoms with van der Waals surface area (Å²) in [5.74, 6) is 0. The zero-order chi connectivity index (χ0) is 11.6. The fraction of sp³-hybridized carbons (Fsp3) is 0.571. The van der Waals surface area contributed by atoms with Crippen molar-refractivity contribution in [3.05, 3.63) is 35.9 Å². The van der Waals surface area contributed by atoms with Crippen molar-refractivity contribution in [1.29, 1.82) is 0 Å². The first-order valence-electron chi connectivity index (χ1n) is 6.20. The molecule has 0 amide bonds. The van der Waals surface area contributed by atoms with Gasteiger partial charge in [0, 0.05) is 6.54 Å². The van der Waals surface area contributed by atoms with Crippen LogP contribution in [0.1, 0.15) is 18.4 Å². The van der Waals surface area contributed by atoms with Crippen LogP contribution in [0.25, 0.3) is 0 Å². The molecule has 0 aliphatic heterocycles. The van der Waals surface area contributed by atoms with Crippen molar-refractivity contribution in [3.63, 3.8) is 0 Å². The summed E-state index contributed by atoms with van der Waals surface area (Å²) < 4.78 is 0. The minimum Gasteiger partial charge on any atom is -0.320 e. The average molecular weight is 220 g/mol. The summed E-state index contributed by atoms with van der Waals surface area (Å²) in [4.78, 5) is 2.42. The fourth-order valence-corrected chi connectivity index (χ4v) is 1.76. The van der Waals surface area contributed by atoms with Gasteiger partial charge in [0.1, 0.15) is 0 Å². The van der Waals surface area contributed by atoms with E-state index in [-0.39, 0.29) is 0 Å². The second kappa shape index (κ2) is 8.31. The van der Waals surface area contributed by atoms with Crippen molar-refractivity contribution in [1.82, 2.24) is 10.2 Å². The molecule has 1 aromatic carbocycles. The molecular weight excluding hydrogens is 196 g/mol. The molecule has 0 bridgehead atoms. The van der Waals surface area contributed by atoms with Gasteiger partial charge >= 0.3 is 0 Å². The van der Waals surface area contributed by atoms with Gasteiger partial charge in [-0.25, -0.2) is 0 Å². The van der Waals surface area contributed by atoms with Gasteiger partial charge in [0.15, 0.2) is 0 Å². The average Bonchev–Trinajstić information content (AvgIpc) is 2.33. The first-order valence-corrected chi connectivity index (χ1v) is 6.20. The van der Waals surface area contributed by atoms with Crippen LogP contribution >= 0.6 is 0 Å². The molecule has 0 unspecified atom stereocenters. The van der Waals surface area contributed by atoms with Crippen molar-refractivity contribution >= 4 is 0 Å². The second-order valence-corrected chi connectivity index (χ2v) is 4.35. The summed E-state index contributed by atoms with van der Waals surface area (Å²) in [6.07, 6.45) is 3.71. The molecule has 90 valence electrons. The Labute approximate surface area is 99.7 Å². The molecule has 2 nitrogen and oxygen atoms in total. The predicted octanol–water partition coefficient (Wildman–Crippen LogP) is 2.16. The molecule has 1 N–H and O–H groups in total. The molecule has 0 saturated carbocycles. The van der Waals surface area contributed by atoms with E-state index in [1.54, 1.807) is 0 Å². The van der Waals surface area contributed by atoms with E-state index in [0.717, 1.165) is 19.5 Å². The maximum absolute atomic E-state index is 3.18. The monoisotopic (exact) mass is 220 g/mol. The normalized spacial score (nSPS) is 10.9. The second-order valence-electron chi connectivity index (χ2n) is 4.35. The summed E-state index contributed by atoms with van der Waals surface area (Å²) in [6.45, 7) is 3.49. The van der Waals surface area contributed by atoms with Gasteiger partial charge in [-0.3, -0.25) is 0 Å². The van der Waals surface area contributed by atoms with Crippen molar-refractivity contribution in [3.8, 4) is 0 Å². The van der Waals surface area contributed by atoms with Crippen LogP contribution in [-0.4, -0.2) is 38.6 Å². The van der Waals surface area contributed by atoms with Crippen LogP contribution in [0.15, 0.2) is 30.3 Å². The van der Waals surface area contributed by atoms with E-state index in [0.29, 0.717) is 0 Å². The number of hydrogen-bond donors (Lipinski definition) is 1. The van der Waals surface area contributed by atoms with E-state index in [2.05, 4.69) is 47.6 Å². The van der Waals surface area contributed by atoms with Gasteiger partial charge in [0.05, 0.1) is 0 Å². The highest BCUT2D eigenvalue weighted by atomic mass is 15.1. The summed E-state index contributed by atoms with van der Waals surface area (Å²) in [5.41, 5.74) is 1.43. The number of hydrogen-bond acceptors (Lipinski definition) is 2. The Morgan fingerprint density at radius 2 is 1.81 bits per heavy atom. The van der Waals surface area contributed by atoms with Crippen molar-refractivity contribution < 1.29 is 0 Å². The molecule has 0 heterocycles. The third kappa shape index (κ3) is 5.89. The molecule has 1 aromatic rings. The lowest BCUT2D eigenvalue weighted by Gasteiger charge is -2.16. The van der Waals surface area contributed by atoms with Gasteiger partial charge in [0.2, 0.25) is 0 Å². The summed E-state index contributed by atoms with van der Waals surface area (Å²) in [5, 5.41) is 3.18. The molecule has 0 aliphatic rings. The summed E-state index contributed by atoms with van der Waals surface area (Å²) in [6, 6.07) is 10.7. The maximum atomic E-state index is 3.18. The van der Waals surface area contributed by atoms with Crippen LogP contribution < -0.4 is 5.32 Å². The molecule has 2 heteroatoms. The molecule has 0 fully saturated rings. The maximum Gasteiger partial charge on any atom is 0.00188 e. The molecule has 0 saturated heterocycles. The van der Waals surface area contributed by atoms with Gasteiger partial charge in [0.25, 0.3) is 0 Å². The smallest absolute Gasteiger partial charge is 0.00188 e. The Hall–Kier alpha value is -0.860. The Bertz CT molecular complexity index is 259. The van der Waals surface area contributed by atoms with Gasteiger partial charge in [-0.2, -0.15) is 0 Å². The van der Waals surface area contributed by atoms with E-state index < -0.39 is 0 Å². The summed E-state index contributed by atoms with van der Waals surface area (Å²) in [7, 11) is 4.22. The topological polar surface area (TPSA) is 15.3 Å². The number of benzene rings is 1. The van der Waals surface area contributed by atoms with E-state index in [4.69, 9.17) is 0 Å². The van der Waals surface area contributed by atoms with Crippen LogP contribution in [0, 0.1) is 0 Å². The minimum absolute atomic E-state index is 1.13. The Balaban J connectivity index is 2.08. The van der Waals surface area contributed by atoms with Crippen LogP contribution in [-0.2, 0) is 6.42 Å². The number of rotatable bonds is 8. The fourth-order valence-electron chi connectivity index (χ4n) is 1.76. The van der Waals surface area contributed by atoms with Crippen LogP contribution in [0.4, 0.5) is 0 Å². The van der Waals surface area contributed by atoms with Crippen LogP contribution in [0.5, 0.6) is 0 Å². The van der Waals surface area contributed by atoms with Crippen molar-refractivity contribution in [2.45, 2.75) is 19.3 Å². The zero-order valence-electron chi connectivity index (χ0n) is 10.6. The molecule has 0 radical (unpaired) electrons. The van der Waals surface area contributed by atoms with E-state index in [1.807, 2.05) is 7.05 Å². The number of unbranched alkanes of at least 4 members (excludes halogenated alkanes) is 1. The first kappa shape index (κ1) is 13.2. The Morgan fingerprint density at radius 3 is 2.50 bits per heavy atom. The lowest BCUT2D eigenvalue weighted by Crippen LogP contribution is -2.23. The largest absolute Gasteiger partial charge is 0.320 e. The number of likely N-dealkylation sites (N-methyl/N-ethyl adjacent to an activating group) is 1. The summed E-state index contributed by atoms with van der Waals surface area (Å²) >= 11 is 0. The van der Waals surface area contributed by atoms with Gasteiger partial charge in [-0.1, -0.05) is 30.3 Å². The highest BCUT2D eigenvalue weighted by molar-refractivity contribution is 5.14. The Morgan fingerprint density at radius 1 is 1.06 bits per heavy atom. The van der Waals surface area contributed by atoms with Gasteiger partial charge in [-0.15, -0.1) is 0 Å². The molecule has 0 atom stereocenters. The van der Waals surface area contributed by atoms with Crippen LogP contribution in [0.2, 0.25) is 0 Å². The molecule has 1 rings (SSSR count). The van der Waals surface area contributed by atoms with E-state index >= 15 is 0 Å². The van der Waals surface area contributed by atoms with E-state index in [9.17, 15) is 0 Å². The number of nitrogens with one attached hydrogen (secondary N) is 1. The molecule has 0 aromatic heterocycles. The molecule has 0 spiro atoms. The highest BCUT2D eigenvalue weighted by Gasteiger charge is 1.98. The minimum atomic E-state index is 1.13. The standard InChI is InChI=1S/C14H24N2/c1-15-11-6-7-12-16(2)13-10-14-8-4-3-5-9-14/h3-5,8-9,15H,6-7,10-13H2,1-2H3.